The Morgan fingerprint density at radius 3 is 2.46 bits per heavy atom. The molecule has 1 atom stereocenters. The van der Waals surface area contributed by atoms with Crippen molar-refractivity contribution in [1.29, 1.82) is 0 Å². The van der Waals surface area contributed by atoms with Crippen molar-refractivity contribution in [3.05, 3.63) is 24.0 Å². The molecule has 9 heteroatoms. The molecule has 1 aliphatic rings. The van der Waals surface area contributed by atoms with Gasteiger partial charge in [-0.05, 0) is 37.6 Å². The van der Waals surface area contributed by atoms with Crippen molar-refractivity contribution in [3.8, 4) is 0 Å². The lowest BCUT2D eigenvalue weighted by Gasteiger charge is -2.22. The summed E-state index contributed by atoms with van der Waals surface area (Å²) in [5, 5.41) is 0. The van der Waals surface area contributed by atoms with Crippen LogP contribution in [-0.4, -0.2) is 55.3 Å². The highest BCUT2D eigenvalue weighted by Gasteiger charge is 2.35. The first-order valence-corrected chi connectivity index (χ1v) is 9.38. The quantitative estimate of drug-likeness (QED) is 0.777. The van der Waals surface area contributed by atoms with Crippen LogP contribution in [0.3, 0.4) is 0 Å². The van der Waals surface area contributed by atoms with Gasteiger partial charge in [-0.1, -0.05) is 13.8 Å². The molecule has 1 unspecified atom stereocenters. The number of pyridine rings is 1. The number of rotatable bonds is 6. The Bertz CT molecular complexity index is 643. The molecule has 0 spiro atoms. The summed E-state index contributed by atoms with van der Waals surface area (Å²) in [6.07, 6.45) is -3.04. The third-order valence-corrected chi connectivity index (χ3v) is 6.17. The molecule has 1 fully saturated rings. The van der Waals surface area contributed by atoms with E-state index < -0.39 is 21.9 Å². The Morgan fingerprint density at radius 1 is 1.29 bits per heavy atom. The normalized spacial score (nSPS) is 20.0. The van der Waals surface area contributed by atoms with Crippen molar-refractivity contribution >= 4 is 10.0 Å². The van der Waals surface area contributed by atoms with Gasteiger partial charge < -0.3 is 4.90 Å². The number of alkyl halides is 3. The van der Waals surface area contributed by atoms with Crippen LogP contribution in [0, 0.1) is 5.92 Å². The number of aromatic nitrogens is 1. The molecule has 2 heterocycles. The highest BCUT2D eigenvalue weighted by Crippen LogP contribution is 2.29. The lowest BCUT2D eigenvalue weighted by atomic mass is 10.1. The number of hydrogen-bond donors (Lipinski definition) is 0. The highest BCUT2D eigenvalue weighted by molar-refractivity contribution is 7.89. The second-order valence-corrected chi connectivity index (χ2v) is 7.82. The van der Waals surface area contributed by atoms with Crippen LogP contribution in [0.5, 0.6) is 0 Å². The van der Waals surface area contributed by atoms with E-state index >= 15 is 0 Å². The first kappa shape index (κ1) is 19.1. The molecule has 0 aliphatic carbocycles. The summed E-state index contributed by atoms with van der Waals surface area (Å²) in [5.74, 6) is 0.238. The van der Waals surface area contributed by atoms with E-state index in [9.17, 15) is 21.6 Å². The smallest absolute Gasteiger partial charge is 0.304 e. The summed E-state index contributed by atoms with van der Waals surface area (Å²) < 4.78 is 64.0. The third-order valence-electron chi connectivity index (χ3n) is 4.32. The van der Waals surface area contributed by atoms with Gasteiger partial charge in [-0.2, -0.15) is 17.5 Å². The number of nitrogens with zero attached hydrogens (tertiary/aromatic N) is 3. The van der Waals surface area contributed by atoms with Gasteiger partial charge in [0.1, 0.15) is 10.6 Å². The van der Waals surface area contributed by atoms with Crippen LogP contribution in [0.2, 0.25) is 0 Å². The monoisotopic (exact) mass is 365 g/mol. The SMILES string of the molecule is CCN(CC)CC1CCN(S(=O)(=O)c2ccc(C(F)(F)F)nc2)C1. The minimum absolute atomic E-state index is 0.195. The molecule has 1 aliphatic heterocycles. The van der Waals surface area contributed by atoms with E-state index in [1.165, 1.54) is 4.31 Å². The average Bonchev–Trinajstić information content (AvgIpc) is 3.01. The van der Waals surface area contributed by atoms with E-state index in [-0.39, 0.29) is 10.8 Å². The topological polar surface area (TPSA) is 53.5 Å². The number of sulfonamides is 1. The minimum Gasteiger partial charge on any atom is -0.304 e. The molecule has 0 bridgehead atoms. The van der Waals surface area contributed by atoms with E-state index in [0.717, 1.165) is 38.3 Å². The van der Waals surface area contributed by atoms with Gasteiger partial charge >= 0.3 is 6.18 Å². The Labute approximate surface area is 140 Å². The molecule has 2 rings (SSSR count). The summed E-state index contributed by atoms with van der Waals surface area (Å²) in [6.45, 7) is 7.52. The molecular weight excluding hydrogens is 343 g/mol. The molecule has 0 radical (unpaired) electrons. The molecule has 1 aromatic heterocycles. The predicted molar refractivity (Wildman–Crippen MR) is 83.9 cm³/mol. The molecular formula is C15H22F3N3O2S. The van der Waals surface area contributed by atoms with E-state index in [2.05, 4.69) is 23.7 Å². The lowest BCUT2D eigenvalue weighted by molar-refractivity contribution is -0.141. The molecule has 5 nitrogen and oxygen atoms in total. The number of halogens is 3. The molecule has 1 saturated heterocycles. The molecule has 136 valence electrons. The molecule has 1 aromatic rings. The van der Waals surface area contributed by atoms with Gasteiger partial charge in [0.15, 0.2) is 0 Å². The maximum absolute atomic E-state index is 12.6. The van der Waals surface area contributed by atoms with Gasteiger partial charge in [-0.3, -0.25) is 4.98 Å². The van der Waals surface area contributed by atoms with Crippen LogP contribution in [0.4, 0.5) is 13.2 Å². The van der Waals surface area contributed by atoms with E-state index in [0.29, 0.717) is 19.2 Å². The Hall–Kier alpha value is -1.19. The van der Waals surface area contributed by atoms with Gasteiger partial charge in [0.2, 0.25) is 10.0 Å². The van der Waals surface area contributed by atoms with Gasteiger partial charge in [0.05, 0.1) is 0 Å². The zero-order valence-corrected chi connectivity index (χ0v) is 14.6. The summed E-state index contributed by atoms with van der Waals surface area (Å²) in [7, 11) is -3.80. The van der Waals surface area contributed by atoms with Crippen LogP contribution in [0.15, 0.2) is 23.2 Å². The van der Waals surface area contributed by atoms with Crippen LogP contribution in [0.25, 0.3) is 0 Å². The van der Waals surface area contributed by atoms with E-state index in [4.69, 9.17) is 0 Å². The number of hydrogen-bond acceptors (Lipinski definition) is 4. The summed E-state index contributed by atoms with van der Waals surface area (Å²) >= 11 is 0. The summed E-state index contributed by atoms with van der Waals surface area (Å²) in [5.41, 5.74) is -1.10. The van der Waals surface area contributed by atoms with E-state index in [1.54, 1.807) is 0 Å². The van der Waals surface area contributed by atoms with Crippen molar-refractivity contribution in [2.75, 3.05) is 32.7 Å². The van der Waals surface area contributed by atoms with Crippen molar-refractivity contribution in [2.24, 2.45) is 5.92 Å². The lowest BCUT2D eigenvalue weighted by Crippen LogP contribution is -2.33. The van der Waals surface area contributed by atoms with Gasteiger partial charge in [-0.25, -0.2) is 8.42 Å². The Morgan fingerprint density at radius 2 is 1.96 bits per heavy atom. The molecule has 0 saturated carbocycles. The summed E-state index contributed by atoms with van der Waals surface area (Å²) in [4.78, 5) is 5.28. The fourth-order valence-electron chi connectivity index (χ4n) is 2.86. The van der Waals surface area contributed by atoms with Crippen LogP contribution in [0.1, 0.15) is 26.0 Å². The first-order valence-electron chi connectivity index (χ1n) is 7.94. The molecule has 0 aromatic carbocycles. The largest absolute Gasteiger partial charge is 0.433 e. The zero-order valence-electron chi connectivity index (χ0n) is 13.8. The molecule has 24 heavy (non-hydrogen) atoms. The van der Waals surface area contributed by atoms with Crippen LogP contribution < -0.4 is 0 Å². The predicted octanol–water partition coefficient (Wildman–Crippen LogP) is 2.45. The van der Waals surface area contributed by atoms with Gasteiger partial charge in [0.25, 0.3) is 0 Å². The summed E-state index contributed by atoms with van der Waals surface area (Å²) in [6, 6.07) is 1.68. The Balaban J connectivity index is 2.08. The van der Waals surface area contributed by atoms with Crippen molar-refractivity contribution in [3.63, 3.8) is 0 Å². The maximum atomic E-state index is 12.6. The van der Waals surface area contributed by atoms with Gasteiger partial charge in [0, 0.05) is 25.8 Å². The highest BCUT2D eigenvalue weighted by atomic mass is 32.2. The van der Waals surface area contributed by atoms with Crippen molar-refractivity contribution in [1.82, 2.24) is 14.2 Å². The maximum Gasteiger partial charge on any atom is 0.433 e. The fraction of sp³-hybridized carbons (Fsp3) is 0.667. The second-order valence-electron chi connectivity index (χ2n) is 5.88. The van der Waals surface area contributed by atoms with Crippen LogP contribution in [-0.2, 0) is 16.2 Å². The van der Waals surface area contributed by atoms with Gasteiger partial charge in [-0.15, -0.1) is 0 Å². The fourth-order valence-corrected chi connectivity index (χ4v) is 4.34. The van der Waals surface area contributed by atoms with Crippen molar-refractivity contribution in [2.45, 2.75) is 31.3 Å². The molecule has 0 N–H and O–H groups in total. The average molecular weight is 365 g/mol. The van der Waals surface area contributed by atoms with Crippen molar-refractivity contribution < 1.29 is 21.6 Å². The standard InChI is InChI=1S/C15H22F3N3O2S/c1-3-20(4-2)10-12-7-8-21(11-12)24(22,23)13-5-6-14(19-9-13)15(16,17)18/h5-6,9,12H,3-4,7-8,10-11H2,1-2H3. The Kier molecular flexibility index (Phi) is 5.87. The first-order chi connectivity index (χ1) is 11.2. The van der Waals surface area contributed by atoms with Crippen LogP contribution >= 0.6 is 0 Å². The van der Waals surface area contributed by atoms with E-state index in [1.807, 2.05) is 0 Å². The zero-order chi connectivity index (χ0) is 18.0. The second kappa shape index (κ2) is 7.37. The molecule has 0 amide bonds. The minimum atomic E-state index is -4.58. The third kappa shape index (κ3) is 4.25.